The third kappa shape index (κ3) is 7.33. The molecule has 0 aliphatic rings. The van der Waals surface area contributed by atoms with E-state index in [2.05, 4.69) is 39.8 Å². The number of methoxy groups -OCH3 is 1. The van der Waals surface area contributed by atoms with Gasteiger partial charge in [-0.05, 0) is 43.5 Å². The summed E-state index contributed by atoms with van der Waals surface area (Å²) in [6, 6.07) is 8.10. The molecule has 25 heavy (non-hydrogen) atoms. The summed E-state index contributed by atoms with van der Waals surface area (Å²) < 4.78 is 7.23. The van der Waals surface area contributed by atoms with E-state index in [9.17, 15) is 0 Å². The summed E-state index contributed by atoms with van der Waals surface area (Å²) in [4.78, 5) is 4.65. The Bertz CT molecular complexity index is 643. The van der Waals surface area contributed by atoms with Crippen LogP contribution in [0.1, 0.15) is 24.5 Å². The molecule has 0 bridgehead atoms. The lowest BCUT2D eigenvalue weighted by Crippen LogP contribution is -2.38. The molecule has 0 amide bonds. The fourth-order valence-electron chi connectivity index (χ4n) is 2.43. The molecule has 0 saturated carbocycles. The monoisotopic (exact) mass is 457 g/mol. The van der Waals surface area contributed by atoms with Crippen molar-refractivity contribution < 1.29 is 4.74 Å². The van der Waals surface area contributed by atoms with Crippen molar-refractivity contribution in [2.75, 3.05) is 20.2 Å². The first kappa shape index (κ1) is 21.3. The molecule has 0 saturated heterocycles. The zero-order valence-electron chi connectivity index (χ0n) is 15.2. The Hall–Kier alpha value is -1.77. The highest BCUT2D eigenvalue weighted by Gasteiger charge is 2.01. The van der Waals surface area contributed by atoms with Crippen molar-refractivity contribution in [3.63, 3.8) is 0 Å². The molecular weight excluding hydrogens is 429 g/mol. The molecule has 0 aliphatic heterocycles. The van der Waals surface area contributed by atoms with Crippen LogP contribution in [-0.4, -0.2) is 35.9 Å². The summed E-state index contributed by atoms with van der Waals surface area (Å²) in [5, 5.41) is 10.8. The number of ether oxygens (including phenoxy) is 1. The van der Waals surface area contributed by atoms with E-state index in [-0.39, 0.29) is 24.0 Å². The van der Waals surface area contributed by atoms with Gasteiger partial charge < -0.3 is 15.4 Å². The molecule has 138 valence electrons. The number of guanidine groups is 1. The molecular formula is C18H28IN5O. The number of benzene rings is 1. The smallest absolute Gasteiger partial charge is 0.191 e. The second kappa shape index (κ2) is 11.7. The van der Waals surface area contributed by atoms with E-state index in [0.29, 0.717) is 6.54 Å². The van der Waals surface area contributed by atoms with Crippen molar-refractivity contribution in [1.29, 1.82) is 0 Å². The van der Waals surface area contributed by atoms with Gasteiger partial charge in [0.25, 0.3) is 0 Å². The molecule has 0 spiro atoms. The Labute approximate surface area is 167 Å². The topological polar surface area (TPSA) is 63.5 Å². The fraction of sp³-hybridized carbons (Fsp3) is 0.444. The number of halogens is 1. The summed E-state index contributed by atoms with van der Waals surface area (Å²) in [5.74, 6) is 1.75. The van der Waals surface area contributed by atoms with Crippen LogP contribution in [0.5, 0.6) is 5.75 Å². The molecule has 6 nitrogen and oxygen atoms in total. The van der Waals surface area contributed by atoms with Gasteiger partial charge in [0.1, 0.15) is 5.75 Å². The molecule has 2 N–H and O–H groups in total. The first-order valence-corrected chi connectivity index (χ1v) is 8.36. The number of aryl methyl sites for hydroxylation is 2. The van der Waals surface area contributed by atoms with Crippen molar-refractivity contribution >= 4 is 29.9 Å². The predicted octanol–water partition coefficient (Wildman–Crippen LogP) is 2.96. The van der Waals surface area contributed by atoms with Crippen LogP contribution >= 0.6 is 24.0 Å². The highest BCUT2D eigenvalue weighted by Crippen LogP contribution is 2.18. The van der Waals surface area contributed by atoms with Gasteiger partial charge in [0.15, 0.2) is 5.96 Å². The SMILES string of the molecule is CCNC(=NCc1ccc(OC)c(C)c1)NCCCn1cccn1.I. The number of nitrogens with one attached hydrogen (secondary N) is 2. The van der Waals surface area contributed by atoms with Crippen LogP contribution in [0.15, 0.2) is 41.7 Å². The minimum atomic E-state index is 0. The van der Waals surface area contributed by atoms with Gasteiger partial charge in [-0.2, -0.15) is 5.10 Å². The van der Waals surface area contributed by atoms with E-state index in [1.165, 1.54) is 5.56 Å². The maximum atomic E-state index is 5.29. The lowest BCUT2D eigenvalue weighted by atomic mass is 10.1. The Morgan fingerprint density at radius 1 is 1.32 bits per heavy atom. The number of hydrogen-bond donors (Lipinski definition) is 2. The fourth-order valence-corrected chi connectivity index (χ4v) is 2.43. The lowest BCUT2D eigenvalue weighted by molar-refractivity contribution is 0.411. The van der Waals surface area contributed by atoms with Gasteiger partial charge in [0.2, 0.25) is 0 Å². The van der Waals surface area contributed by atoms with Crippen LogP contribution in [0.3, 0.4) is 0 Å². The van der Waals surface area contributed by atoms with Crippen molar-refractivity contribution in [2.24, 2.45) is 4.99 Å². The molecule has 1 heterocycles. The number of rotatable bonds is 8. The first-order chi connectivity index (χ1) is 11.7. The minimum absolute atomic E-state index is 0. The Morgan fingerprint density at radius 3 is 2.80 bits per heavy atom. The number of aliphatic imine (C=N–C) groups is 1. The summed E-state index contributed by atoms with van der Waals surface area (Å²) in [6.45, 7) is 7.35. The van der Waals surface area contributed by atoms with E-state index in [1.54, 1.807) is 13.3 Å². The van der Waals surface area contributed by atoms with Crippen LogP contribution in [-0.2, 0) is 13.1 Å². The molecule has 0 unspecified atom stereocenters. The first-order valence-electron chi connectivity index (χ1n) is 8.36. The van der Waals surface area contributed by atoms with Crippen LogP contribution in [0.2, 0.25) is 0 Å². The zero-order valence-corrected chi connectivity index (χ0v) is 17.5. The summed E-state index contributed by atoms with van der Waals surface area (Å²) in [6.07, 6.45) is 4.77. The normalized spacial score (nSPS) is 10.9. The van der Waals surface area contributed by atoms with Gasteiger partial charge in [0.05, 0.1) is 13.7 Å². The maximum absolute atomic E-state index is 5.29. The molecule has 1 aromatic heterocycles. The van der Waals surface area contributed by atoms with E-state index < -0.39 is 0 Å². The second-order valence-electron chi connectivity index (χ2n) is 5.55. The van der Waals surface area contributed by atoms with E-state index in [0.717, 1.165) is 43.3 Å². The number of hydrogen-bond acceptors (Lipinski definition) is 3. The molecule has 7 heteroatoms. The summed E-state index contributed by atoms with van der Waals surface area (Å²) >= 11 is 0. The van der Waals surface area contributed by atoms with E-state index >= 15 is 0 Å². The quantitative estimate of drug-likeness (QED) is 0.277. The van der Waals surface area contributed by atoms with E-state index in [4.69, 9.17) is 4.74 Å². The van der Waals surface area contributed by atoms with Gasteiger partial charge in [-0.1, -0.05) is 12.1 Å². The Kier molecular flexibility index (Phi) is 9.98. The molecule has 0 atom stereocenters. The van der Waals surface area contributed by atoms with Gasteiger partial charge in [-0.25, -0.2) is 4.99 Å². The van der Waals surface area contributed by atoms with Crippen LogP contribution in [0, 0.1) is 6.92 Å². The average Bonchev–Trinajstić information content (AvgIpc) is 3.10. The molecule has 2 rings (SSSR count). The number of nitrogens with zero attached hydrogens (tertiary/aromatic N) is 3. The van der Waals surface area contributed by atoms with Crippen LogP contribution in [0.25, 0.3) is 0 Å². The van der Waals surface area contributed by atoms with Gasteiger partial charge in [-0.15, -0.1) is 24.0 Å². The Morgan fingerprint density at radius 2 is 2.16 bits per heavy atom. The highest BCUT2D eigenvalue weighted by molar-refractivity contribution is 14.0. The Balaban J connectivity index is 0.00000312. The molecule has 1 aromatic carbocycles. The summed E-state index contributed by atoms with van der Waals surface area (Å²) in [7, 11) is 1.69. The second-order valence-corrected chi connectivity index (χ2v) is 5.55. The average molecular weight is 457 g/mol. The predicted molar refractivity (Wildman–Crippen MR) is 113 cm³/mol. The van der Waals surface area contributed by atoms with Crippen molar-refractivity contribution in [3.05, 3.63) is 47.8 Å². The van der Waals surface area contributed by atoms with Crippen molar-refractivity contribution in [3.8, 4) is 5.75 Å². The van der Waals surface area contributed by atoms with Gasteiger partial charge >= 0.3 is 0 Å². The van der Waals surface area contributed by atoms with Crippen molar-refractivity contribution in [1.82, 2.24) is 20.4 Å². The molecule has 0 radical (unpaired) electrons. The van der Waals surface area contributed by atoms with Gasteiger partial charge in [0, 0.05) is 32.0 Å². The lowest BCUT2D eigenvalue weighted by Gasteiger charge is -2.12. The zero-order chi connectivity index (χ0) is 17.2. The van der Waals surface area contributed by atoms with Gasteiger partial charge in [-0.3, -0.25) is 4.68 Å². The number of aromatic nitrogens is 2. The van der Waals surface area contributed by atoms with Crippen LogP contribution in [0.4, 0.5) is 0 Å². The van der Waals surface area contributed by atoms with Crippen molar-refractivity contribution in [2.45, 2.75) is 33.4 Å². The molecule has 0 aliphatic carbocycles. The maximum Gasteiger partial charge on any atom is 0.191 e. The standard InChI is InChI=1S/C18H27N5O.HI/c1-4-19-18(20-9-5-11-23-12-6-10-22-23)21-14-16-7-8-17(24-3)15(2)13-16;/h6-8,10,12-13H,4-5,9,11,14H2,1-3H3,(H2,19,20,21);1H. The minimum Gasteiger partial charge on any atom is -0.496 e. The van der Waals surface area contributed by atoms with E-state index in [1.807, 2.05) is 29.9 Å². The third-order valence-electron chi connectivity index (χ3n) is 3.64. The third-order valence-corrected chi connectivity index (χ3v) is 3.64. The molecule has 2 aromatic rings. The van der Waals surface area contributed by atoms with Crippen LogP contribution < -0.4 is 15.4 Å². The highest BCUT2D eigenvalue weighted by atomic mass is 127. The largest absolute Gasteiger partial charge is 0.496 e. The molecule has 0 fully saturated rings. The summed E-state index contributed by atoms with van der Waals surface area (Å²) in [5.41, 5.74) is 2.30.